The minimum absolute atomic E-state index is 0.412. The molecule has 0 bridgehead atoms. The van der Waals surface area contributed by atoms with E-state index in [0.717, 1.165) is 12.0 Å². The molecular weight excluding hydrogens is 160 g/mol. The SMILES string of the molecule is CCCCCCc1c[c]ccc1O. The lowest BCUT2D eigenvalue weighted by atomic mass is 10.1. The Labute approximate surface area is 80.4 Å². The molecule has 0 aliphatic heterocycles. The van der Waals surface area contributed by atoms with Crippen molar-refractivity contribution < 1.29 is 5.11 Å². The summed E-state index contributed by atoms with van der Waals surface area (Å²) in [5, 5.41) is 9.45. The number of benzene rings is 1. The fourth-order valence-electron chi connectivity index (χ4n) is 1.40. The molecule has 0 amide bonds. The number of hydrogen-bond donors (Lipinski definition) is 1. The van der Waals surface area contributed by atoms with E-state index in [-0.39, 0.29) is 0 Å². The molecule has 1 aromatic carbocycles. The molecule has 0 aromatic heterocycles. The number of aromatic hydroxyl groups is 1. The van der Waals surface area contributed by atoms with E-state index in [4.69, 9.17) is 0 Å². The number of rotatable bonds is 5. The Morgan fingerprint density at radius 3 is 2.85 bits per heavy atom. The van der Waals surface area contributed by atoms with Gasteiger partial charge in [0.1, 0.15) is 5.75 Å². The third kappa shape index (κ3) is 3.49. The van der Waals surface area contributed by atoms with Crippen molar-refractivity contribution in [2.24, 2.45) is 0 Å². The van der Waals surface area contributed by atoms with Gasteiger partial charge in [-0.25, -0.2) is 0 Å². The minimum atomic E-state index is 0.412. The van der Waals surface area contributed by atoms with Crippen LogP contribution in [0.25, 0.3) is 0 Å². The van der Waals surface area contributed by atoms with Crippen LogP contribution in [-0.2, 0) is 6.42 Å². The van der Waals surface area contributed by atoms with Crippen LogP contribution in [0, 0.1) is 6.07 Å². The van der Waals surface area contributed by atoms with Gasteiger partial charge in [0.25, 0.3) is 0 Å². The van der Waals surface area contributed by atoms with E-state index in [2.05, 4.69) is 13.0 Å². The second-order valence-electron chi connectivity index (χ2n) is 3.37. The molecule has 1 nitrogen and oxygen atoms in total. The van der Waals surface area contributed by atoms with Gasteiger partial charge in [0.15, 0.2) is 0 Å². The summed E-state index contributed by atoms with van der Waals surface area (Å²) in [6, 6.07) is 8.30. The summed E-state index contributed by atoms with van der Waals surface area (Å²) in [7, 11) is 0. The van der Waals surface area contributed by atoms with Crippen LogP contribution in [-0.4, -0.2) is 5.11 Å². The van der Waals surface area contributed by atoms with Crippen molar-refractivity contribution in [2.75, 3.05) is 0 Å². The van der Waals surface area contributed by atoms with E-state index in [9.17, 15) is 5.11 Å². The fourth-order valence-corrected chi connectivity index (χ4v) is 1.40. The van der Waals surface area contributed by atoms with Gasteiger partial charge in [-0.15, -0.1) is 0 Å². The van der Waals surface area contributed by atoms with Gasteiger partial charge in [0.05, 0.1) is 0 Å². The summed E-state index contributed by atoms with van der Waals surface area (Å²) in [5.74, 6) is 0.412. The van der Waals surface area contributed by atoms with Gasteiger partial charge in [-0.1, -0.05) is 32.3 Å². The Morgan fingerprint density at radius 2 is 2.15 bits per heavy atom. The lowest BCUT2D eigenvalue weighted by molar-refractivity contribution is 0.466. The normalized spacial score (nSPS) is 10.2. The quantitative estimate of drug-likeness (QED) is 0.684. The van der Waals surface area contributed by atoms with E-state index in [1.54, 1.807) is 12.1 Å². The van der Waals surface area contributed by atoms with Gasteiger partial charge < -0.3 is 5.11 Å². The molecule has 0 aliphatic rings. The van der Waals surface area contributed by atoms with Gasteiger partial charge in [0, 0.05) is 0 Å². The second kappa shape index (κ2) is 5.63. The monoisotopic (exact) mass is 177 g/mol. The van der Waals surface area contributed by atoms with Crippen molar-refractivity contribution >= 4 is 0 Å². The summed E-state index contributed by atoms with van der Waals surface area (Å²) in [5.41, 5.74) is 1.03. The van der Waals surface area contributed by atoms with Gasteiger partial charge in [-0.05, 0) is 36.6 Å². The molecule has 13 heavy (non-hydrogen) atoms. The maximum Gasteiger partial charge on any atom is 0.118 e. The summed E-state index contributed by atoms with van der Waals surface area (Å²) in [6.07, 6.45) is 5.94. The lowest BCUT2D eigenvalue weighted by Gasteiger charge is -2.02. The minimum Gasteiger partial charge on any atom is -0.508 e. The summed E-state index contributed by atoms with van der Waals surface area (Å²) in [4.78, 5) is 0. The Kier molecular flexibility index (Phi) is 4.37. The van der Waals surface area contributed by atoms with Crippen LogP contribution in [0.1, 0.15) is 38.2 Å². The summed E-state index contributed by atoms with van der Waals surface area (Å²) < 4.78 is 0. The molecule has 0 saturated heterocycles. The zero-order valence-electron chi connectivity index (χ0n) is 8.21. The molecule has 1 heteroatoms. The lowest BCUT2D eigenvalue weighted by Crippen LogP contribution is -1.86. The van der Waals surface area contributed by atoms with Crippen LogP contribution >= 0.6 is 0 Å². The molecule has 0 atom stereocenters. The topological polar surface area (TPSA) is 20.2 Å². The van der Waals surface area contributed by atoms with Crippen molar-refractivity contribution in [1.82, 2.24) is 0 Å². The van der Waals surface area contributed by atoms with Crippen molar-refractivity contribution in [3.05, 3.63) is 29.8 Å². The van der Waals surface area contributed by atoms with E-state index >= 15 is 0 Å². The molecule has 71 valence electrons. The molecular formula is C12H17O. The van der Waals surface area contributed by atoms with Gasteiger partial charge in [-0.3, -0.25) is 0 Å². The first kappa shape index (κ1) is 10.1. The standard InChI is InChI=1S/C12H17O/c1-2-3-4-5-8-11-9-6-7-10-12(11)13/h7,9-10,13H,2-5,8H2,1H3. The van der Waals surface area contributed by atoms with E-state index in [1.165, 1.54) is 25.7 Å². The molecule has 0 heterocycles. The largest absolute Gasteiger partial charge is 0.508 e. The van der Waals surface area contributed by atoms with Crippen LogP contribution < -0.4 is 0 Å². The number of phenols is 1. The molecule has 0 unspecified atom stereocenters. The maximum atomic E-state index is 9.45. The van der Waals surface area contributed by atoms with Gasteiger partial charge in [0.2, 0.25) is 0 Å². The van der Waals surface area contributed by atoms with Crippen LogP contribution in [0.15, 0.2) is 18.2 Å². The predicted octanol–water partition coefficient (Wildman–Crippen LogP) is 3.32. The number of aryl methyl sites for hydroxylation is 1. The van der Waals surface area contributed by atoms with Crippen molar-refractivity contribution in [2.45, 2.75) is 39.0 Å². The van der Waals surface area contributed by atoms with E-state index < -0.39 is 0 Å². The first-order valence-electron chi connectivity index (χ1n) is 5.02. The highest BCUT2D eigenvalue weighted by Crippen LogP contribution is 2.17. The first-order chi connectivity index (χ1) is 6.34. The predicted molar refractivity (Wildman–Crippen MR) is 54.8 cm³/mol. The van der Waals surface area contributed by atoms with Gasteiger partial charge >= 0.3 is 0 Å². The Hall–Kier alpha value is -0.980. The number of phenolic OH excluding ortho intramolecular Hbond substituents is 1. The van der Waals surface area contributed by atoms with E-state index in [0.29, 0.717) is 5.75 Å². The van der Waals surface area contributed by atoms with Crippen LogP contribution in [0.4, 0.5) is 0 Å². The maximum absolute atomic E-state index is 9.45. The molecule has 0 spiro atoms. The van der Waals surface area contributed by atoms with Crippen molar-refractivity contribution in [3.63, 3.8) is 0 Å². The molecule has 1 aromatic rings. The highest BCUT2D eigenvalue weighted by molar-refractivity contribution is 5.31. The van der Waals surface area contributed by atoms with Crippen LogP contribution in [0.3, 0.4) is 0 Å². The van der Waals surface area contributed by atoms with Crippen LogP contribution in [0.5, 0.6) is 5.75 Å². The summed E-state index contributed by atoms with van der Waals surface area (Å²) in [6.45, 7) is 2.20. The fraction of sp³-hybridized carbons (Fsp3) is 0.500. The van der Waals surface area contributed by atoms with E-state index in [1.807, 2.05) is 6.07 Å². The molecule has 1 radical (unpaired) electrons. The number of unbranched alkanes of at least 4 members (excludes halogenated alkanes) is 3. The Morgan fingerprint density at radius 1 is 1.31 bits per heavy atom. The van der Waals surface area contributed by atoms with Crippen molar-refractivity contribution in [3.8, 4) is 5.75 Å². The molecule has 0 aliphatic carbocycles. The Balaban J connectivity index is 2.32. The third-order valence-corrected chi connectivity index (χ3v) is 2.22. The van der Waals surface area contributed by atoms with Crippen LogP contribution in [0.2, 0.25) is 0 Å². The molecule has 0 fully saturated rings. The number of hydrogen-bond acceptors (Lipinski definition) is 1. The molecule has 1 N–H and O–H groups in total. The van der Waals surface area contributed by atoms with Gasteiger partial charge in [-0.2, -0.15) is 0 Å². The highest BCUT2D eigenvalue weighted by Gasteiger charge is 1.98. The smallest absolute Gasteiger partial charge is 0.118 e. The average Bonchev–Trinajstić information content (AvgIpc) is 2.15. The molecule has 0 saturated carbocycles. The highest BCUT2D eigenvalue weighted by atomic mass is 16.3. The Bertz CT molecular complexity index is 243. The third-order valence-electron chi connectivity index (χ3n) is 2.22. The average molecular weight is 177 g/mol. The summed E-state index contributed by atoms with van der Waals surface area (Å²) >= 11 is 0. The first-order valence-corrected chi connectivity index (χ1v) is 5.02. The van der Waals surface area contributed by atoms with Crippen molar-refractivity contribution in [1.29, 1.82) is 0 Å². The zero-order valence-corrected chi connectivity index (χ0v) is 8.21. The zero-order chi connectivity index (χ0) is 9.52. The molecule has 1 rings (SSSR count). The second-order valence-corrected chi connectivity index (χ2v) is 3.37.